The summed E-state index contributed by atoms with van der Waals surface area (Å²) in [4.78, 5) is 13.1. The number of rotatable bonds is 5. The van der Waals surface area contributed by atoms with Gasteiger partial charge in [-0.2, -0.15) is 4.68 Å². The third-order valence-electron chi connectivity index (χ3n) is 5.69. The number of halogens is 2. The van der Waals surface area contributed by atoms with Gasteiger partial charge >= 0.3 is 0 Å². The van der Waals surface area contributed by atoms with Gasteiger partial charge in [0.2, 0.25) is 0 Å². The normalized spacial score (nSPS) is 13.3. The van der Waals surface area contributed by atoms with Crippen LogP contribution in [0.4, 0.5) is 10.1 Å². The Balaban J connectivity index is 1.46. The molecular formula is C22H20ClFN8O2. The first-order valence-electron chi connectivity index (χ1n) is 10.7. The van der Waals surface area contributed by atoms with Crippen LogP contribution in [-0.4, -0.2) is 48.0 Å². The molecule has 0 saturated heterocycles. The zero-order valence-corrected chi connectivity index (χ0v) is 19.0. The predicted octanol–water partition coefficient (Wildman–Crippen LogP) is 3.70. The number of nitrogens with zero attached hydrogens (tertiary/aromatic N) is 7. The summed E-state index contributed by atoms with van der Waals surface area (Å²) in [5.41, 5.74) is 1.23. The number of carbonyl (C=O) groups is 1. The third-order valence-corrected chi connectivity index (χ3v) is 5.99. The Bertz CT molecular complexity index is 1360. The summed E-state index contributed by atoms with van der Waals surface area (Å²) < 4.78 is 23.4. The van der Waals surface area contributed by atoms with Crippen molar-refractivity contribution in [2.45, 2.75) is 32.2 Å². The standard InChI is InChI=1S/C22H20ClFN8O2/c1-34-19-11-18(32-12-25-29-30-32)15(23)10-14(19)22(33)26-17-9-13(6-7-16(17)24)21-28-27-20-5-3-2-4-8-31(20)21/h6-7,9-12H,2-5,8H2,1H3,(H,26,33). The summed E-state index contributed by atoms with van der Waals surface area (Å²) in [6.45, 7) is 0.806. The van der Waals surface area contributed by atoms with Crippen LogP contribution in [0.1, 0.15) is 35.4 Å². The Morgan fingerprint density at radius 2 is 2.06 bits per heavy atom. The number of nitrogens with one attached hydrogen (secondary N) is 1. The molecule has 10 nitrogen and oxygen atoms in total. The lowest BCUT2D eigenvalue weighted by Crippen LogP contribution is -2.15. The molecule has 1 aliphatic rings. The maximum absolute atomic E-state index is 14.7. The quantitative estimate of drug-likeness (QED) is 0.461. The van der Waals surface area contributed by atoms with Crippen molar-refractivity contribution in [3.05, 3.63) is 58.9 Å². The highest BCUT2D eigenvalue weighted by Gasteiger charge is 2.21. The molecule has 4 aromatic rings. The summed E-state index contributed by atoms with van der Waals surface area (Å²) >= 11 is 6.36. The van der Waals surface area contributed by atoms with E-state index < -0.39 is 11.7 Å². The number of fused-ring (bicyclic) bond motifs is 1. The molecule has 2 aromatic carbocycles. The fourth-order valence-corrected chi connectivity index (χ4v) is 4.23. The molecule has 0 aliphatic carbocycles. The highest BCUT2D eigenvalue weighted by Crippen LogP contribution is 2.31. The molecule has 2 aromatic heterocycles. The largest absolute Gasteiger partial charge is 0.496 e. The molecule has 3 heterocycles. The minimum Gasteiger partial charge on any atom is -0.496 e. The monoisotopic (exact) mass is 482 g/mol. The van der Waals surface area contributed by atoms with Crippen LogP contribution >= 0.6 is 11.6 Å². The number of aryl methyl sites for hydroxylation is 1. The molecule has 12 heteroatoms. The van der Waals surface area contributed by atoms with Crippen molar-refractivity contribution in [3.63, 3.8) is 0 Å². The van der Waals surface area contributed by atoms with Gasteiger partial charge in [-0.25, -0.2) is 4.39 Å². The van der Waals surface area contributed by atoms with E-state index in [1.165, 1.54) is 36.3 Å². The van der Waals surface area contributed by atoms with Gasteiger partial charge in [-0.3, -0.25) is 4.79 Å². The molecule has 1 aliphatic heterocycles. The SMILES string of the molecule is COc1cc(-n2cnnn2)c(Cl)cc1C(=O)Nc1cc(-c2nnc3n2CCCCC3)ccc1F. The van der Waals surface area contributed by atoms with E-state index in [2.05, 4.69) is 35.6 Å². The van der Waals surface area contributed by atoms with Gasteiger partial charge in [0, 0.05) is 24.6 Å². The Kier molecular flexibility index (Phi) is 5.93. The topological polar surface area (TPSA) is 113 Å². The van der Waals surface area contributed by atoms with Crippen LogP contribution in [0.3, 0.4) is 0 Å². The van der Waals surface area contributed by atoms with Gasteiger partial charge in [0.25, 0.3) is 5.91 Å². The third kappa shape index (κ3) is 4.10. The van der Waals surface area contributed by atoms with Gasteiger partial charge in [0.1, 0.15) is 23.7 Å². The van der Waals surface area contributed by atoms with Gasteiger partial charge in [-0.05, 0) is 47.5 Å². The van der Waals surface area contributed by atoms with Crippen molar-refractivity contribution in [2.75, 3.05) is 12.4 Å². The van der Waals surface area contributed by atoms with E-state index in [0.717, 1.165) is 38.1 Å². The van der Waals surface area contributed by atoms with E-state index in [1.54, 1.807) is 12.1 Å². The van der Waals surface area contributed by atoms with Crippen molar-refractivity contribution in [3.8, 4) is 22.8 Å². The Labute approximate surface area is 198 Å². The number of hydrogen-bond donors (Lipinski definition) is 1. The minimum absolute atomic E-state index is 0.0104. The zero-order chi connectivity index (χ0) is 23.7. The molecule has 1 N–H and O–H groups in total. The Morgan fingerprint density at radius 1 is 1.18 bits per heavy atom. The number of anilines is 1. The highest BCUT2D eigenvalue weighted by molar-refractivity contribution is 6.33. The molecular weight excluding hydrogens is 463 g/mol. The molecule has 5 rings (SSSR count). The zero-order valence-electron chi connectivity index (χ0n) is 18.2. The van der Waals surface area contributed by atoms with Crippen LogP contribution in [0.2, 0.25) is 5.02 Å². The van der Waals surface area contributed by atoms with Crippen LogP contribution in [0.25, 0.3) is 17.1 Å². The van der Waals surface area contributed by atoms with Crippen molar-refractivity contribution in [1.29, 1.82) is 0 Å². The molecule has 0 atom stereocenters. The first-order valence-corrected chi connectivity index (χ1v) is 11.1. The number of methoxy groups -OCH3 is 1. The molecule has 174 valence electrons. The van der Waals surface area contributed by atoms with Gasteiger partial charge in [0.15, 0.2) is 5.82 Å². The van der Waals surface area contributed by atoms with E-state index in [0.29, 0.717) is 17.1 Å². The lowest BCUT2D eigenvalue weighted by atomic mass is 10.1. The van der Waals surface area contributed by atoms with E-state index in [1.807, 2.05) is 0 Å². The number of ether oxygens (including phenoxy) is 1. The van der Waals surface area contributed by atoms with Crippen LogP contribution in [0.5, 0.6) is 5.75 Å². The molecule has 34 heavy (non-hydrogen) atoms. The maximum atomic E-state index is 14.7. The highest BCUT2D eigenvalue weighted by atomic mass is 35.5. The van der Waals surface area contributed by atoms with Crippen molar-refractivity contribution in [1.82, 2.24) is 35.0 Å². The summed E-state index contributed by atoms with van der Waals surface area (Å²) in [6, 6.07) is 7.44. The molecule has 0 spiro atoms. The van der Waals surface area contributed by atoms with Gasteiger partial charge in [-0.1, -0.05) is 18.0 Å². The summed E-state index contributed by atoms with van der Waals surface area (Å²) in [6.07, 6.45) is 5.46. The average Bonchev–Trinajstić information content (AvgIpc) is 3.45. The molecule has 0 bridgehead atoms. The number of carbonyl (C=O) groups excluding carboxylic acids is 1. The number of amides is 1. The molecule has 0 unspecified atom stereocenters. The molecule has 0 saturated carbocycles. The van der Waals surface area contributed by atoms with Gasteiger partial charge < -0.3 is 14.6 Å². The fraction of sp³-hybridized carbons (Fsp3) is 0.273. The summed E-state index contributed by atoms with van der Waals surface area (Å²) in [5.74, 6) is 0.635. The smallest absolute Gasteiger partial charge is 0.259 e. The van der Waals surface area contributed by atoms with E-state index >= 15 is 0 Å². The lowest BCUT2D eigenvalue weighted by molar-refractivity contribution is 0.102. The second kappa shape index (κ2) is 9.18. The fourth-order valence-electron chi connectivity index (χ4n) is 3.98. The second-order valence-electron chi connectivity index (χ2n) is 7.81. The second-order valence-corrected chi connectivity index (χ2v) is 8.22. The van der Waals surface area contributed by atoms with Crippen molar-refractivity contribution >= 4 is 23.2 Å². The lowest BCUT2D eigenvalue weighted by Gasteiger charge is -2.14. The first kappa shape index (κ1) is 22.0. The van der Waals surface area contributed by atoms with Crippen LogP contribution in [0.15, 0.2) is 36.7 Å². The number of aromatic nitrogens is 7. The van der Waals surface area contributed by atoms with Crippen LogP contribution < -0.4 is 10.1 Å². The molecule has 1 amide bonds. The van der Waals surface area contributed by atoms with E-state index in [4.69, 9.17) is 16.3 Å². The Hall–Kier alpha value is -3.86. The van der Waals surface area contributed by atoms with Crippen LogP contribution in [-0.2, 0) is 13.0 Å². The minimum atomic E-state index is -0.585. The number of tetrazole rings is 1. The Morgan fingerprint density at radius 3 is 2.85 bits per heavy atom. The average molecular weight is 483 g/mol. The first-order chi connectivity index (χ1) is 16.5. The maximum Gasteiger partial charge on any atom is 0.259 e. The number of hydrogen-bond acceptors (Lipinski definition) is 7. The van der Waals surface area contributed by atoms with Gasteiger partial charge in [0.05, 0.1) is 29.1 Å². The summed E-state index contributed by atoms with van der Waals surface area (Å²) in [5, 5.41) is 22.4. The predicted molar refractivity (Wildman–Crippen MR) is 122 cm³/mol. The van der Waals surface area contributed by atoms with Crippen molar-refractivity contribution in [2.24, 2.45) is 0 Å². The van der Waals surface area contributed by atoms with E-state index in [-0.39, 0.29) is 22.0 Å². The number of benzene rings is 2. The van der Waals surface area contributed by atoms with Crippen molar-refractivity contribution < 1.29 is 13.9 Å². The molecule has 0 fully saturated rings. The van der Waals surface area contributed by atoms with Gasteiger partial charge in [-0.15, -0.1) is 15.3 Å². The van der Waals surface area contributed by atoms with Crippen LogP contribution in [0, 0.1) is 5.82 Å². The molecule has 0 radical (unpaired) electrons. The van der Waals surface area contributed by atoms with E-state index in [9.17, 15) is 9.18 Å². The summed E-state index contributed by atoms with van der Waals surface area (Å²) in [7, 11) is 1.42.